The van der Waals surface area contributed by atoms with Crippen molar-refractivity contribution in [3.8, 4) is 5.75 Å². The summed E-state index contributed by atoms with van der Waals surface area (Å²) in [6.45, 7) is 5.07. The fraction of sp³-hybridized carbons (Fsp3) is 0.333. The molecule has 0 aliphatic carbocycles. The zero-order valence-electron chi connectivity index (χ0n) is 12.1. The molecule has 0 spiro atoms. The van der Waals surface area contributed by atoms with Crippen molar-refractivity contribution in [3.05, 3.63) is 41.4 Å². The summed E-state index contributed by atoms with van der Waals surface area (Å²) in [7, 11) is 0. The van der Waals surface area contributed by atoms with Gasteiger partial charge in [-0.1, -0.05) is 18.2 Å². The zero-order valence-corrected chi connectivity index (χ0v) is 13.7. The van der Waals surface area contributed by atoms with Crippen LogP contribution in [-0.4, -0.2) is 42.3 Å². The van der Waals surface area contributed by atoms with Crippen molar-refractivity contribution in [2.24, 2.45) is 0 Å². The maximum Gasteiger partial charge on any atom is 0.328 e. The molecule has 1 rings (SSSR count). The first-order chi connectivity index (χ1) is 10.5. The third-order valence-corrected chi connectivity index (χ3v) is 3.30. The number of ether oxygens (including phenoxy) is 2. The summed E-state index contributed by atoms with van der Waals surface area (Å²) >= 11 is 3.31. The van der Waals surface area contributed by atoms with Gasteiger partial charge in [0.15, 0.2) is 12.1 Å². The molecule has 0 aromatic heterocycles. The minimum atomic E-state index is -1.18. The topological polar surface area (TPSA) is 84.9 Å². The molecule has 120 valence electrons. The van der Waals surface area contributed by atoms with Gasteiger partial charge in [0.05, 0.1) is 17.7 Å². The average molecular weight is 372 g/mol. The van der Waals surface area contributed by atoms with Crippen LogP contribution >= 0.6 is 15.9 Å². The molecule has 0 aliphatic rings. The van der Waals surface area contributed by atoms with E-state index in [-0.39, 0.29) is 13.2 Å². The van der Waals surface area contributed by atoms with Crippen molar-refractivity contribution in [2.75, 3.05) is 13.2 Å². The molecule has 0 saturated heterocycles. The smallest absolute Gasteiger partial charge is 0.328 e. The monoisotopic (exact) mass is 371 g/mol. The third kappa shape index (κ3) is 5.87. The second-order valence-electron chi connectivity index (χ2n) is 4.42. The number of carboxylic acids is 1. The lowest BCUT2D eigenvalue weighted by molar-refractivity contribution is -0.144. The van der Waals surface area contributed by atoms with Gasteiger partial charge in [-0.25, -0.2) is 4.79 Å². The van der Waals surface area contributed by atoms with Crippen molar-refractivity contribution < 1.29 is 24.2 Å². The summed E-state index contributed by atoms with van der Waals surface area (Å²) in [6, 6.07) is 5.93. The summed E-state index contributed by atoms with van der Waals surface area (Å²) in [4.78, 5) is 23.1. The Labute approximate surface area is 137 Å². The molecule has 2 atom stereocenters. The number of para-hydroxylation sites is 1. The lowest BCUT2D eigenvalue weighted by Crippen LogP contribution is -2.48. The minimum Gasteiger partial charge on any atom is -0.480 e. The molecule has 6 nitrogen and oxygen atoms in total. The Morgan fingerprint density at radius 1 is 1.45 bits per heavy atom. The molecule has 0 saturated carbocycles. The van der Waals surface area contributed by atoms with E-state index < -0.39 is 24.0 Å². The fourth-order valence-corrected chi connectivity index (χ4v) is 1.90. The van der Waals surface area contributed by atoms with E-state index in [2.05, 4.69) is 27.8 Å². The molecule has 0 aliphatic heterocycles. The maximum absolute atomic E-state index is 12.0. The highest BCUT2D eigenvalue weighted by molar-refractivity contribution is 9.10. The van der Waals surface area contributed by atoms with Crippen molar-refractivity contribution in [1.29, 1.82) is 0 Å². The number of carboxylic acid groups (broad SMARTS) is 1. The molecule has 0 fully saturated rings. The zero-order chi connectivity index (χ0) is 16.5. The number of hydrogen-bond acceptors (Lipinski definition) is 4. The van der Waals surface area contributed by atoms with Gasteiger partial charge in [0.1, 0.15) is 5.75 Å². The second kappa shape index (κ2) is 9.22. The number of nitrogens with one attached hydrogen (secondary N) is 1. The van der Waals surface area contributed by atoms with Crippen LogP contribution in [0.2, 0.25) is 0 Å². The molecule has 0 heterocycles. The van der Waals surface area contributed by atoms with Crippen LogP contribution in [0.25, 0.3) is 0 Å². The number of carbonyl (C=O) groups excluding carboxylic acids is 1. The standard InChI is InChI=1S/C15H18BrNO5/c1-3-8-21-9-12(15(19)20)17-14(18)10(2)22-13-7-5-4-6-11(13)16/h3-7,10,12H,1,8-9H2,2H3,(H,17,18)(H,19,20). The normalized spacial score (nSPS) is 13.0. The van der Waals surface area contributed by atoms with E-state index in [9.17, 15) is 9.59 Å². The Morgan fingerprint density at radius 2 is 2.14 bits per heavy atom. The molecule has 2 N–H and O–H groups in total. The maximum atomic E-state index is 12.0. The number of carbonyl (C=O) groups is 2. The Morgan fingerprint density at radius 3 is 2.73 bits per heavy atom. The highest BCUT2D eigenvalue weighted by atomic mass is 79.9. The van der Waals surface area contributed by atoms with E-state index in [1.165, 1.54) is 13.0 Å². The highest BCUT2D eigenvalue weighted by Crippen LogP contribution is 2.24. The summed E-state index contributed by atoms with van der Waals surface area (Å²) in [5.41, 5.74) is 0. The SMILES string of the molecule is C=CCOCC(NC(=O)C(C)Oc1ccccc1Br)C(=O)O. The van der Waals surface area contributed by atoms with Gasteiger partial charge >= 0.3 is 5.97 Å². The summed E-state index contributed by atoms with van der Waals surface area (Å²) in [5, 5.41) is 11.4. The van der Waals surface area contributed by atoms with Crippen LogP contribution in [0.3, 0.4) is 0 Å². The van der Waals surface area contributed by atoms with Crippen molar-refractivity contribution in [2.45, 2.75) is 19.1 Å². The summed E-state index contributed by atoms with van der Waals surface area (Å²) in [6.07, 6.45) is 0.652. The Balaban J connectivity index is 2.59. The lowest BCUT2D eigenvalue weighted by Gasteiger charge is -2.19. The molecule has 1 aromatic carbocycles. The van der Waals surface area contributed by atoms with Gasteiger partial charge in [-0.05, 0) is 35.0 Å². The van der Waals surface area contributed by atoms with E-state index in [0.29, 0.717) is 10.2 Å². The first-order valence-electron chi connectivity index (χ1n) is 6.58. The van der Waals surface area contributed by atoms with Gasteiger partial charge in [0, 0.05) is 0 Å². The van der Waals surface area contributed by atoms with Gasteiger partial charge in [-0.3, -0.25) is 4.79 Å². The largest absolute Gasteiger partial charge is 0.480 e. The summed E-state index contributed by atoms with van der Waals surface area (Å²) < 4.78 is 11.3. The van der Waals surface area contributed by atoms with Gasteiger partial charge < -0.3 is 19.9 Å². The van der Waals surface area contributed by atoms with Crippen LogP contribution in [-0.2, 0) is 14.3 Å². The quantitative estimate of drug-likeness (QED) is 0.512. The first kappa shape index (κ1) is 18.2. The van der Waals surface area contributed by atoms with Crippen LogP contribution in [0.1, 0.15) is 6.92 Å². The van der Waals surface area contributed by atoms with E-state index in [1.807, 2.05) is 6.07 Å². The number of benzene rings is 1. The van der Waals surface area contributed by atoms with Crippen LogP contribution in [0.15, 0.2) is 41.4 Å². The summed E-state index contributed by atoms with van der Waals surface area (Å²) in [5.74, 6) is -1.21. The van der Waals surface area contributed by atoms with Crippen LogP contribution in [0.4, 0.5) is 0 Å². The number of halogens is 1. The molecule has 1 aromatic rings. The molecular formula is C15H18BrNO5. The van der Waals surface area contributed by atoms with E-state index in [0.717, 1.165) is 0 Å². The van der Waals surface area contributed by atoms with Gasteiger partial charge in [0.25, 0.3) is 5.91 Å². The van der Waals surface area contributed by atoms with Crippen LogP contribution in [0, 0.1) is 0 Å². The number of hydrogen-bond donors (Lipinski definition) is 2. The molecule has 2 unspecified atom stereocenters. The van der Waals surface area contributed by atoms with E-state index >= 15 is 0 Å². The van der Waals surface area contributed by atoms with Crippen molar-refractivity contribution >= 4 is 27.8 Å². The molecular weight excluding hydrogens is 354 g/mol. The predicted octanol–water partition coefficient (Wildman–Crippen LogP) is 1.99. The third-order valence-electron chi connectivity index (χ3n) is 2.64. The fourth-order valence-electron chi connectivity index (χ4n) is 1.52. The Bertz CT molecular complexity index is 534. The first-order valence-corrected chi connectivity index (χ1v) is 7.38. The lowest BCUT2D eigenvalue weighted by atomic mass is 10.2. The Kier molecular flexibility index (Phi) is 7.62. The average Bonchev–Trinajstić information content (AvgIpc) is 2.48. The van der Waals surface area contributed by atoms with Crippen LogP contribution < -0.4 is 10.1 Å². The molecule has 1 amide bonds. The predicted molar refractivity (Wildman–Crippen MR) is 84.8 cm³/mol. The van der Waals surface area contributed by atoms with E-state index in [4.69, 9.17) is 14.6 Å². The Hall–Kier alpha value is -1.86. The number of rotatable bonds is 9. The van der Waals surface area contributed by atoms with Gasteiger partial charge in [-0.15, -0.1) is 6.58 Å². The van der Waals surface area contributed by atoms with Crippen LogP contribution in [0.5, 0.6) is 5.75 Å². The van der Waals surface area contributed by atoms with Gasteiger partial charge in [0.2, 0.25) is 0 Å². The van der Waals surface area contributed by atoms with Crippen molar-refractivity contribution in [3.63, 3.8) is 0 Å². The van der Waals surface area contributed by atoms with Gasteiger partial charge in [-0.2, -0.15) is 0 Å². The number of amides is 1. The molecule has 22 heavy (non-hydrogen) atoms. The minimum absolute atomic E-state index is 0.144. The van der Waals surface area contributed by atoms with Crippen molar-refractivity contribution in [1.82, 2.24) is 5.32 Å². The molecule has 0 bridgehead atoms. The van der Waals surface area contributed by atoms with E-state index in [1.54, 1.807) is 18.2 Å². The number of aliphatic carboxylic acids is 1. The second-order valence-corrected chi connectivity index (χ2v) is 5.27. The molecule has 7 heteroatoms. The highest BCUT2D eigenvalue weighted by Gasteiger charge is 2.24. The molecule has 0 radical (unpaired) electrons.